The Kier molecular flexibility index (Phi) is 8.87. The number of hydrogen-bond donors (Lipinski definition) is 4. The van der Waals surface area contributed by atoms with Crippen molar-refractivity contribution in [3.05, 3.63) is 98.7 Å². The number of benzene rings is 3. The summed E-state index contributed by atoms with van der Waals surface area (Å²) in [5, 5.41) is 31.0. The van der Waals surface area contributed by atoms with Gasteiger partial charge in [-0.05, 0) is 72.4 Å². The van der Waals surface area contributed by atoms with Crippen LogP contribution in [0.4, 0.5) is 0 Å². The lowest BCUT2D eigenvalue weighted by Crippen LogP contribution is -2.27. The van der Waals surface area contributed by atoms with Gasteiger partial charge in [-0.2, -0.15) is 5.10 Å². The van der Waals surface area contributed by atoms with Gasteiger partial charge in [0.2, 0.25) is 0 Å². The highest BCUT2D eigenvalue weighted by Gasteiger charge is 2.29. The number of aliphatic hydroxyl groups is 2. The van der Waals surface area contributed by atoms with Crippen LogP contribution in [0.1, 0.15) is 70.8 Å². The summed E-state index contributed by atoms with van der Waals surface area (Å²) < 4.78 is 0. The van der Waals surface area contributed by atoms with Crippen LogP contribution in [0.15, 0.2) is 60.7 Å². The van der Waals surface area contributed by atoms with E-state index in [-0.39, 0.29) is 30.7 Å². The molecule has 0 aliphatic heterocycles. The fraction of sp³-hybridized carbons (Fsp3) is 0.310. The van der Waals surface area contributed by atoms with E-state index in [9.17, 15) is 4.79 Å². The predicted molar refractivity (Wildman–Crippen MR) is 148 cm³/mol. The van der Waals surface area contributed by atoms with Crippen molar-refractivity contribution in [2.45, 2.75) is 51.2 Å². The smallest absolute Gasteiger partial charge is 0.251 e. The lowest BCUT2D eigenvalue weighted by Gasteiger charge is -2.28. The van der Waals surface area contributed by atoms with Crippen molar-refractivity contribution in [3.63, 3.8) is 0 Å². The summed E-state index contributed by atoms with van der Waals surface area (Å²) in [4.78, 5) is 12.5. The largest absolute Gasteiger partial charge is 0.368 e. The molecular weight excluding hydrogens is 509 g/mol. The molecule has 0 radical (unpaired) electrons. The second-order valence-corrected chi connectivity index (χ2v) is 10.2. The van der Waals surface area contributed by atoms with Crippen LogP contribution in [-0.4, -0.2) is 39.2 Å². The van der Waals surface area contributed by atoms with Crippen molar-refractivity contribution in [2.24, 2.45) is 0 Å². The van der Waals surface area contributed by atoms with E-state index >= 15 is 0 Å². The third-order valence-corrected chi connectivity index (χ3v) is 7.15. The lowest BCUT2D eigenvalue weighted by atomic mass is 9.76. The highest BCUT2D eigenvalue weighted by atomic mass is 35.5. The minimum Gasteiger partial charge on any atom is -0.368 e. The minimum absolute atomic E-state index is 0.0502. The van der Waals surface area contributed by atoms with Crippen LogP contribution in [0.5, 0.6) is 0 Å². The number of fused-ring (bicyclic) bond motifs is 1. The summed E-state index contributed by atoms with van der Waals surface area (Å²) in [6.45, 7) is 4.35. The van der Waals surface area contributed by atoms with Gasteiger partial charge in [0.25, 0.3) is 5.91 Å². The van der Waals surface area contributed by atoms with E-state index in [0.29, 0.717) is 15.6 Å². The number of carbonyl (C=O) groups is 1. The fourth-order valence-electron chi connectivity index (χ4n) is 4.91. The Labute approximate surface area is 226 Å². The summed E-state index contributed by atoms with van der Waals surface area (Å²) in [7, 11) is 0. The summed E-state index contributed by atoms with van der Waals surface area (Å²) in [5.74, 6) is -0.209. The summed E-state index contributed by atoms with van der Waals surface area (Å²) in [5.41, 5.74) is 5.63. The number of aromatic amines is 1. The van der Waals surface area contributed by atoms with E-state index in [1.54, 1.807) is 0 Å². The molecule has 0 saturated carbocycles. The van der Waals surface area contributed by atoms with E-state index in [4.69, 9.17) is 33.4 Å². The van der Waals surface area contributed by atoms with E-state index < -0.39 is 6.29 Å². The van der Waals surface area contributed by atoms with E-state index in [2.05, 4.69) is 34.6 Å². The maximum absolute atomic E-state index is 12.5. The average Bonchev–Trinajstić information content (AvgIpc) is 3.28. The number of amides is 1. The number of aryl methyl sites for hydroxylation is 1. The number of rotatable bonds is 10. The van der Waals surface area contributed by atoms with E-state index in [1.807, 2.05) is 55.5 Å². The van der Waals surface area contributed by atoms with E-state index in [1.165, 1.54) is 0 Å². The highest BCUT2D eigenvalue weighted by Crippen LogP contribution is 2.43. The first kappa shape index (κ1) is 27.1. The monoisotopic (exact) mass is 539 g/mol. The lowest BCUT2D eigenvalue weighted by molar-refractivity contribution is -0.0440. The summed E-state index contributed by atoms with van der Waals surface area (Å²) in [6.07, 6.45) is 0.506. The van der Waals surface area contributed by atoms with Crippen molar-refractivity contribution >= 4 is 40.0 Å². The zero-order valence-corrected chi connectivity index (χ0v) is 22.4. The normalized spacial score (nSPS) is 13.2. The van der Waals surface area contributed by atoms with Gasteiger partial charge in [-0.1, -0.05) is 60.8 Å². The van der Waals surface area contributed by atoms with Crippen LogP contribution in [0.25, 0.3) is 10.9 Å². The predicted octanol–water partition coefficient (Wildman–Crippen LogP) is 6.32. The van der Waals surface area contributed by atoms with Crippen LogP contribution >= 0.6 is 23.2 Å². The molecular formula is C29H31Cl2N3O3. The molecule has 2 unspecified atom stereocenters. The van der Waals surface area contributed by atoms with Crippen LogP contribution < -0.4 is 5.32 Å². The molecule has 2 atom stereocenters. The Morgan fingerprint density at radius 3 is 2.30 bits per heavy atom. The topological polar surface area (TPSA) is 98.2 Å². The Balaban J connectivity index is 1.75. The summed E-state index contributed by atoms with van der Waals surface area (Å²) in [6, 6.07) is 19.4. The fourth-order valence-corrected chi connectivity index (χ4v) is 5.31. The third-order valence-electron chi connectivity index (χ3n) is 6.67. The van der Waals surface area contributed by atoms with Gasteiger partial charge in [0, 0.05) is 39.9 Å². The van der Waals surface area contributed by atoms with Crippen molar-refractivity contribution in [1.82, 2.24) is 15.5 Å². The van der Waals surface area contributed by atoms with Crippen molar-refractivity contribution < 1.29 is 15.0 Å². The number of H-pyrrole nitrogens is 1. The molecule has 1 amide bonds. The van der Waals surface area contributed by atoms with Crippen LogP contribution in [0.2, 0.25) is 10.0 Å². The maximum Gasteiger partial charge on any atom is 0.251 e. The van der Waals surface area contributed by atoms with Gasteiger partial charge in [0.1, 0.15) is 0 Å². The van der Waals surface area contributed by atoms with E-state index in [0.717, 1.165) is 46.1 Å². The molecule has 4 aromatic rings. The zero-order valence-electron chi connectivity index (χ0n) is 20.8. The standard InChI is InChI=1S/C29H31Cl2N3O3/c1-3-4-23(18-5-7-20(8-6-18)29(37)32-14-13-25(35)36)26(19-9-11-21(30)12-10-19)28-24-16-22(31)15-17(2)27(24)33-34-28/h5-12,15-16,23,25-26,35-36H,3-4,13-14H2,1-2H3,(H,32,37)(H,33,34). The first-order valence-electron chi connectivity index (χ1n) is 12.4. The molecule has 0 aliphatic rings. The highest BCUT2D eigenvalue weighted by molar-refractivity contribution is 6.31. The van der Waals surface area contributed by atoms with Gasteiger partial charge in [-0.3, -0.25) is 9.89 Å². The Morgan fingerprint density at radius 1 is 0.973 bits per heavy atom. The molecule has 3 aromatic carbocycles. The molecule has 4 N–H and O–H groups in total. The molecule has 37 heavy (non-hydrogen) atoms. The third kappa shape index (κ3) is 6.33. The van der Waals surface area contributed by atoms with Gasteiger partial charge in [-0.15, -0.1) is 0 Å². The molecule has 8 heteroatoms. The minimum atomic E-state index is -1.44. The molecule has 0 bridgehead atoms. The number of carbonyl (C=O) groups excluding carboxylic acids is 1. The number of halogens is 2. The van der Waals surface area contributed by atoms with Gasteiger partial charge in [0.05, 0.1) is 11.2 Å². The first-order chi connectivity index (χ1) is 17.8. The molecule has 1 aromatic heterocycles. The second-order valence-electron chi connectivity index (χ2n) is 9.33. The van der Waals surface area contributed by atoms with Crippen LogP contribution in [-0.2, 0) is 0 Å². The maximum atomic E-state index is 12.5. The van der Waals surface area contributed by atoms with Crippen LogP contribution in [0.3, 0.4) is 0 Å². The SMILES string of the molecule is CCCC(c1ccc(C(=O)NCCC(O)O)cc1)C(c1ccc(Cl)cc1)c1[nH]nc2c(C)cc(Cl)cc12. The van der Waals surface area contributed by atoms with Gasteiger partial charge in [-0.25, -0.2) is 0 Å². The van der Waals surface area contributed by atoms with Crippen LogP contribution in [0, 0.1) is 6.92 Å². The molecule has 4 rings (SSSR count). The number of nitrogens with zero attached hydrogens (tertiary/aromatic N) is 1. The molecule has 0 saturated heterocycles. The number of hydrogen-bond acceptors (Lipinski definition) is 4. The molecule has 6 nitrogen and oxygen atoms in total. The van der Waals surface area contributed by atoms with Gasteiger partial charge in [0.15, 0.2) is 6.29 Å². The number of aromatic nitrogens is 2. The van der Waals surface area contributed by atoms with Gasteiger partial charge < -0.3 is 15.5 Å². The van der Waals surface area contributed by atoms with Crippen molar-refractivity contribution in [1.29, 1.82) is 0 Å². The molecule has 0 spiro atoms. The Morgan fingerprint density at radius 2 is 1.65 bits per heavy atom. The quantitative estimate of drug-likeness (QED) is 0.177. The zero-order chi connectivity index (χ0) is 26.5. The molecule has 0 aliphatic carbocycles. The molecule has 194 valence electrons. The Hall–Kier alpha value is -2.90. The number of nitrogens with one attached hydrogen (secondary N) is 2. The first-order valence-corrected chi connectivity index (χ1v) is 13.2. The Bertz CT molecular complexity index is 1350. The summed E-state index contributed by atoms with van der Waals surface area (Å²) >= 11 is 12.7. The van der Waals surface area contributed by atoms with Crippen molar-refractivity contribution in [3.8, 4) is 0 Å². The number of aliphatic hydroxyl groups excluding tert-OH is 1. The van der Waals surface area contributed by atoms with Gasteiger partial charge >= 0.3 is 0 Å². The van der Waals surface area contributed by atoms with Crippen molar-refractivity contribution in [2.75, 3.05) is 6.54 Å². The second kappa shape index (κ2) is 12.1. The average molecular weight is 540 g/mol. The molecule has 0 fully saturated rings. The molecule has 1 heterocycles.